The van der Waals surface area contributed by atoms with Crippen molar-refractivity contribution in [1.29, 1.82) is 0 Å². The molecule has 0 radical (unpaired) electrons. The van der Waals surface area contributed by atoms with Gasteiger partial charge in [0.25, 0.3) is 5.88 Å². The van der Waals surface area contributed by atoms with Crippen molar-refractivity contribution in [3.63, 3.8) is 0 Å². The first-order chi connectivity index (χ1) is 11.6. The molecule has 2 aromatic rings. The van der Waals surface area contributed by atoms with Crippen LogP contribution in [0.4, 0.5) is 19.0 Å². The molecule has 0 aromatic carbocycles. The molecule has 8 nitrogen and oxygen atoms in total. The van der Waals surface area contributed by atoms with Crippen LogP contribution in [0.15, 0.2) is 0 Å². The molecule has 0 amide bonds. The number of fused-ring (bicyclic) bond motifs is 1. The Balaban J connectivity index is 0.000000381. The van der Waals surface area contributed by atoms with Gasteiger partial charge >= 0.3 is 12.1 Å². The standard InChI is InChI=1S/C12H19N5O.C2HF3O2/c1-4-5-6-8-14-9-10(15-8)12(18-7(2)3)17-16-11(9)13;3-2(4,5)1(6)7/h7H,4-6H2,1-3H3,(H2,13,16)(H,14,15);(H,6,7). The van der Waals surface area contributed by atoms with Crippen LogP contribution in [0.1, 0.15) is 39.4 Å². The van der Waals surface area contributed by atoms with Gasteiger partial charge in [-0.3, -0.25) is 0 Å². The average molecular weight is 363 g/mol. The minimum Gasteiger partial charge on any atom is -0.475 e. The normalized spacial score (nSPS) is 11.3. The Hall–Kier alpha value is -2.59. The number of H-pyrrole nitrogens is 1. The van der Waals surface area contributed by atoms with Crippen LogP contribution in [0.25, 0.3) is 11.0 Å². The molecule has 2 aromatic heterocycles. The van der Waals surface area contributed by atoms with Gasteiger partial charge in [-0.25, -0.2) is 9.78 Å². The number of aromatic amines is 1. The Labute approximate surface area is 141 Å². The van der Waals surface area contributed by atoms with E-state index in [1.54, 1.807) is 0 Å². The van der Waals surface area contributed by atoms with Crippen LogP contribution in [-0.4, -0.2) is 43.5 Å². The third-order valence-electron chi connectivity index (χ3n) is 2.81. The minimum absolute atomic E-state index is 0.0357. The van der Waals surface area contributed by atoms with Crippen molar-refractivity contribution in [3.05, 3.63) is 5.82 Å². The van der Waals surface area contributed by atoms with Gasteiger partial charge in [-0.1, -0.05) is 13.3 Å². The third-order valence-corrected chi connectivity index (χ3v) is 2.81. The largest absolute Gasteiger partial charge is 0.490 e. The van der Waals surface area contributed by atoms with E-state index in [0.29, 0.717) is 17.2 Å². The number of halogens is 3. The SMILES string of the molecule is CCCCc1nc2c(N)nnc(OC(C)C)c2[nH]1.O=C(O)C(F)(F)F. The minimum atomic E-state index is -5.08. The highest BCUT2D eigenvalue weighted by Gasteiger charge is 2.38. The Morgan fingerprint density at radius 3 is 2.44 bits per heavy atom. The fraction of sp³-hybridized carbons (Fsp3) is 0.571. The van der Waals surface area contributed by atoms with Gasteiger partial charge in [-0.05, 0) is 20.3 Å². The topological polar surface area (TPSA) is 127 Å². The van der Waals surface area contributed by atoms with Gasteiger partial charge in [0.15, 0.2) is 5.82 Å². The van der Waals surface area contributed by atoms with Crippen molar-refractivity contribution in [1.82, 2.24) is 20.2 Å². The molecule has 0 saturated heterocycles. The lowest BCUT2D eigenvalue weighted by Gasteiger charge is -2.08. The zero-order valence-electron chi connectivity index (χ0n) is 14.0. The molecular formula is C14H20F3N5O3. The highest BCUT2D eigenvalue weighted by Crippen LogP contribution is 2.25. The van der Waals surface area contributed by atoms with Crippen LogP contribution in [0.2, 0.25) is 0 Å². The van der Waals surface area contributed by atoms with E-state index in [1.807, 2.05) is 13.8 Å². The summed E-state index contributed by atoms with van der Waals surface area (Å²) in [5, 5.41) is 15.0. The first-order valence-corrected chi connectivity index (χ1v) is 7.53. The van der Waals surface area contributed by atoms with Crippen molar-refractivity contribution in [3.8, 4) is 5.88 Å². The number of nitrogens with two attached hydrogens (primary N) is 1. The number of nitrogen functional groups attached to an aromatic ring is 1. The number of imidazole rings is 1. The lowest BCUT2D eigenvalue weighted by Crippen LogP contribution is -2.21. The molecule has 0 fully saturated rings. The van der Waals surface area contributed by atoms with Crippen molar-refractivity contribution >= 4 is 22.8 Å². The van der Waals surface area contributed by atoms with E-state index >= 15 is 0 Å². The second kappa shape index (κ2) is 8.49. The zero-order chi connectivity index (χ0) is 19.2. The predicted molar refractivity (Wildman–Crippen MR) is 84.2 cm³/mol. The van der Waals surface area contributed by atoms with Crippen molar-refractivity contribution in [2.45, 2.75) is 52.3 Å². The van der Waals surface area contributed by atoms with Crippen molar-refractivity contribution in [2.24, 2.45) is 0 Å². The Kier molecular flexibility index (Phi) is 6.95. The predicted octanol–water partition coefficient (Wildman–Crippen LogP) is 2.70. The van der Waals surface area contributed by atoms with E-state index in [-0.39, 0.29) is 6.10 Å². The second-order valence-electron chi connectivity index (χ2n) is 5.37. The van der Waals surface area contributed by atoms with Crippen LogP contribution < -0.4 is 10.5 Å². The van der Waals surface area contributed by atoms with Crippen molar-refractivity contribution < 1.29 is 27.8 Å². The molecule has 25 heavy (non-hydrogen) atoms. The number of anilines is 1. The fourth-order valence-corrected chi connectivity index (χ4v) is 1.73. The first-order valence-electron chi connectivity index (χ1n) is 7.53. The van der Waals surface area contributed by atoms with Gasteiger partial charge < -0.3 is 20.6 Å². The molecule has 2 heterocycles. The molecule has 140 valence electrons. The van der Waals surface area contributed by atoms with Crippen LogP contribution in [0, 0.1) is 0 Å². The second-order valence-corrected chi connectivity index (χ2v) is 5.37. The van der Waals surface area contributed by atoms with Gasteiger partial charge in [0.05, 0.1) is 6.10 Å². The Morgan fingerprint density at radius 1 is 1.36 bits per heavy atom. The maximum absolute atomic E-state index is 10.6. The molecule has 0 bridgehead atoms. The molecule has 0 aliphatic rings. The number of unbranched alkanes of at least 4 members (excludes halogenated alkanes) is 1. The summed E-state index contributed by atoms with van der Waals surface area (Å²) in [6.07, 6.45) is -1.95. The molecule has 0 spiro atoms. The summed E-state index contributed by atoms with van der Waals surface area (Å²) in [5.74, 6) is -1.06. The lowest BCUT2D eigenvalue weighted by molar-refractivity contribution is -0.192. The number of carboxylic acid groups (broad SMARTS) is 1. The number of nitrogens with one attached hydrogen (secondary N) is 1. The zero-order valence-corrected chi connectivity index (χ0v) is 14.0. The fourth-order valence-electron chi connectivity index (χ4n) is 1.73. The number of carbonyl (C=O) groups is 1. The molecule has 2 rings (SSSR count). The van der Waals surface area contributed by atoms with Crippen LogP contribution >= 0.6 is 0 Å². The average Bonchev–Trinajstić information content (AvgIpc) is 2.92. The quantitative estimate of drug-likeness (QED) is 0.745. The number of aryl methyl sites for hydroxylation is 1. The van der Waals surface area contributed by atoms with Crippen molar-refractivity contribution in [2.75, 3.05) is 5.73 Å². The molecule has 0 saturated carbocycles. The smallest absolute Gasteiger partial charge is 0.475 e. The van der Waals surface area contributed by atoms with Gasteiger partial charge in [0, 0.05) is 6.42 Å². The van der Waals surface area contributed by atoms with Gasteiger partial charge in [0.1, 0.15) is 16.9 Å². The highest BCUT2D eigenvalue weighted by molar-refractivity contribution is 5.87. The van der Waals surface area contributed by atoms with E-state index in [9.17, 15) is 13.2 Å². The molecule has 0 aliphatic carbocycles. The van der Waals surface area contributed by atoms with Gasteiger partial charge in [-0.15, -0.1) is 10.2 Å². The summed E-state index contributed by atoms with van der Waals surface area (Å²) in [5.41, 5.74) is 7.17. The number of rotatable bonds is 5. The number of nitrogens with zero attached hydrogens (tertiary/aromatic N) is 3. The third kappa shape index (κ3) is 6.08. The van der Waals surface area contributed by atoms with Gasteiger partial charge in [-0.2, -0.15) is 13.2 Å². The molecule has 4 N–H and O–H groups in total. The summed E-state index contributed by atoms with van der Waals surface area (Å²) in [6.45, 7) is 6.03. The first kappa shape index (κ1) is 20.5. The molecule has 11 heteroatoms. The summed E-state index contributed by atoms with van der Waals surface area (Å²) >= 11 is 0. The number of alkyl halides is 3. The Morgan fingerprint density at radius 2 is 1.96 bits per heavy atom. The number of aromatic nitrogens is 4. The van der Waals surface area contributed by atoms with Gasteiger partial charge in [0.2, 0.25) is 0 Å². The number of hydrogen-bond donors (Lipinski definition) is 3. The van der Waals surface area contributed by atoms with Crippen LogP contribution in [0.5, 0.6) is 5.88 Å². The van der Waals surface area contributed by atoms with E-state index in [1.165, 1.54) is 0 Å². The summed E-state index contributed by atoms with van der Waals surface area (Å²) in [7, 11) is 0. The molecular weight excluding hydrogens is 343 g/mol. The number of hydrogen-bond acceptors (Lipinski definition) is 6. The van der Waals surface area contributed by atoms with E-state index < -0.39 is 12.1 Å². The molecule has 0 aliphatic heterocycles. The molecule has 0 unspecified atom stereocenters. The molecule has 0 atom stereocenters. The monoisotopic (exact) mass is 363 g/mol. The summed E-state index contributed by atoms with van der Waals surface area (Å²) < 4.78 is 37.3. The highest BCUT2D eigenvalue weighted by atomic mass is 19.4. The maximum atomic E-state index is 10.6. The van der Waals surface area contributed by atoms with Crippen LogP contribution in [0.3, 0.4) is 0 Å². The summed E-state index contributed by atoms with van der Waals surface area (Å²) in [6, 6.07) is 0. The van der Waals surface area contributed by atoms with E-state index in [4.69, 9.17) is 20.4 Å². The lowest BCUT2D eigenvalue weighted by atomic mass is 10.2. The maximum Gasteiger partial charge on any atom is 0.490 e. The Bertz CT molecular complexity index is 716. The van der Waals surface area contributed by atoms with E-state index in [2.05, 4.69) is 27.1 Å². The number of aliphatic carboxylic acids is 1. The summed E-state index contributed by atoms with van der Waals surface area (Å²) in [4.78, 5) is 16.6. The number of ether oxygens (including phenoxy) is 1. The van der Waals surface area contributed by atoms with Crippen LogP contribution in [-0.2, 0) is 11.2 Å². The number of carboxylic acids is 1. The van der Waals surface area contributed by atoms with E-state index in [0.717, 1.165) is 30.6 Å².